The Morgan fingerprint density at radius 3 is 2.47 bits per heavy atom. The molecule has 7 atom stereocenters. The van der Waals surface area contributed by atoms with Crippen molar-refractivity contribution < 1.29 is 19.5 Å². The van der Waals surface area contributed by atoms with Gasteiger partial charge in [-0.1, -0.05) is 27.7 Å². The first-order valence-electron chi connectivity index (χ1n) is 11.3. The Labute approximate surface area is 184 Å². The van der Waals surface area contributed by atoms with Crippen LogP contribution in [0.2, 0.25) is 0 Å². The topological polar surface area (TPSA) is 98.7 Å². The first-order valence-corrected chi connectivity index (χ1v) is 12.2. The molecule has 0 aromatic rings. The van der Waals surface area contributed by atoms with Crippen molar-refractivity contribution in [1.29, 1.82) is 0 Å². The summed E-state index contributed by atoms with van der Waals surface area (Å²) in [6.45, 7) is 12.2. The van der Waals surface area contributed by atoms with E-state index in [1.54, 1.807) is 16.7 Å². The van der Waals surface area contributed by atoms with Gasteiger partial charge in [-0.2, -0.15) is 0 Å². The number of carbonyl (C=O) groups excluding carboxylic acids is 3. The van der Waals surface area contributed by atoms with Gasteiger partial charge in [-0.05, 0) is 38.5 Å². The molecule has 3 aliphatic heterocycles. The summed E-state index contributed by atoms with van der Waals surface area (Å²) < 4.78 is -0.628. The molecule has 3 unspecified atom stereocenters. The van der Waals surface area contributed by atoms with E-state index in [-0.39, 0.29) is 47.5 Å². The molecule has 3 fully saturated rings. The van der Waals surface area contributed by atoms with Crippen LogP contribution in [0.15, 0.2) is 0 Å². The van der Waals surface area contributed by atoms with E-state index in [0.29, 0.717) is 6.54 Å². The molecule has 30 heavy (non-hydrogen) atoms. The van der Waals surface area contributed by atoms with Crippen LogP contribution in [0.4, 0.5) is 0 Å². The molecule has 3 rings (SSSR count). The molecule has 8 heteroatoms. The number of fused-ring (bicyclic) bond motifs is 1. The fourth-order valence-electron chi connectivity index (χ4n) is 5.77. The van der Waals surface area contributed by atoms with E-state index in [1.165, 1.54) is 0 Å². The number of carbonyl (C=O) groups is 3. The summed E-state index contributed by atoms with van der Waals surface area (Å²) in [5.41, 5.74) is 0. The van der Waals surface area contributed by atoms with Crippen LogP contribution in [0, 0.1) is 23.7 Å². The zero-order valence-corrected chi connectivity index (χ0v) is 19.8. The van der Waals surface area contributed by atoms with Gasteiger partial charge in [-0.3, -0.25) is 14.4 Å². The molecule has 0 aromatic carbocycles. The molecular weight excluding hydrogens is 402 g/mol. The molecule has 0 aliphatic carbocycles. The Kier molecular flexibility index (Phi) is 6.77. The number of likely N-dealkylation sites (tertiary alicyclic amines) is 1. The van der Waals surface area contributed by atoms with Crippen molar-refractivity contribution in [2.75, 3.05) is 13.2 Å². The number of rotatable bonds is 8. The van der Waals surface area contributed by atoms with Gasteiger partial charge in [0.05, 0.1) is 29.2 Å². The van der Waals surface area contributed by atoms with Gasteiger partial charge in [0.15, 0.2) is 0 Å². The third-order valence-electron chi connectivity index (χ3n) is 7.03. The maximum atomic E-state index is 13.9. The number of nitrogens with zero attached hydrogens (tertiary/aromatic N) is 1. The van der Waals surface area contributed by atoms with Crippen molar-refractivity contribution in [1.82, 2.24) is 15.5 Å². The summed E-state index contributed by atoms with van der Waals surface area (Å²) >= 11 is 1.67. The highest BCUT2D eigenvalue weighted by Gasteiger charge is 2.76. The molecule has 3 heterocycles. The van der Waals surface area contributed by atoms with Gasteiger partial charge in [0, 0.05) is 17.8 Å². The quantitative estimate of drug-likeness (QED) is 0.531. The maximum absolute atomic E-state index is 13.9. The van der Waals surface area contributed by atoms with Gasteiger partial charge in [0.25, 0.3) is 0 Å². The Morgan fingerprint density at radius 2 is 1.93 bits per heavy atom. The van der Waals surface area contributed by atoms with Gasteiger partial charge in [-0.15, -0.1) is 11.8 Å². The van der Waals surface area contributed by atoms with E-state index >= 15 is 0 Å². The lowest BCUT2D eigenvalue weighted by molar-refractivity contribution is -0.143. The van der Waals surface area contributed by atoms with Crippen molar-refractivity contribution >= 4 is 29.5 Å². The van der Waals surface area contributed by atoms with Crippen LogP contribution >= 0.6 is 11.8 Å². The Morgan fingerprint density at radius 1 is 1.27 bits per heavy atom. The molecule has 0 radical (unpaired) electrons. The minimum Gasteiger partial charge on any atom is -0.394 e. The molecule has 3 aliphatic rings. The number of aliphatic hydroxyl groups is 1. The largest absolute Gasteiger partial charge is 0.394 e. The number of aliphatic hydroxyl groups excluding tert-OH is 1. The SMILES string of the molecule is CCCNC(=O)[C@@H]1[C@H]2C(=O)N([C@@H](CO)C(C)C)C(C(=O)NC(C)C)C23S[C@@H]1CC3C. The number of amides is 3. The summed E-state index contributed by atoms with van der Waals surface area (Å²) in [5.74, 6) is -1.21. The number of thioether (sulfide) groups is 1. The van der Waals surface area contributed by atoms with Crippen LogP contribution in [0.5, 0.6) is 0 Å². The Balaban J connectivity index is 2.08. The highest BCUT2D eigenvalue weighted by Crippen LogP contribution is 2.68. The first kappa shape index (κ1) is 23.4. The van der Waals surface area contributed by atoms with E-state index in [9.17, 15) is 19.5 Å². The minimum atomic E-state index is -0.675. The van der Waals surface area contributed by atoms with Crippen LogP contribution < -0.4 is 10.6 Å². The lowest BCUT2D eigenvalue weighted by Gasteiger charge is -2.41. The van der Waals surface area contributed by atoms with Crippen LogP contribution in [0.1, 0.15) is 54.4 Å². The van der Waals surface area contributed by atoms with Crippen LogP contribution in [0.25, 0.3) is 0 Å². The van der Waals surface area contributed by atoms with E-state index in [1.807, 2.05) is 34.6 Å². The molecule has 0 aromatic heterocycles. The van der Waals surface area contributed by atoms with Crippen LogP contribution in [-0.2, 0) is 14.4 Å². The number of hydrogen-bond donors (Lipinski definition) is 3. The fraction of sp³-hybridized carbons (Fsp3) is 0.864. The van der Waals surface area contributed by atoms with Gasteiger partial charge in [0.2, 0.25) is 17.7 Å². The normalized spacial score (nSPS) is 35.8. The predicted molar refractivity (Wildman–Crippen MR) is 118 cm³/mol. The third kappa shape index (κ3) is 3.44. The smallest absolute Gasteiger partial charge is 0.244 e. The highest BCUT2D eigenvalue weighted by molar-refractivity contribution is 8.02. The fourth-order valence-corrected chi connectivity index (χ4v) is 8.17. The zero-order valence-electron chi connectivity index (χ0n) is 19.0. The number of nitrogens with one attached hydrogen (secondary N) is 2. The summed E-state index contributed by atoms with van der Waals surface area (Å²) in [4.78, 5) is 42.0. The molecule has 7 nitrogen and oxygen atoms in total. The van der Waals surface area contributed by atoms with E-state index in [2.05, 4.69) is 17.6 Å². The molecule has 3 saturated heterocycles. The van der Waals surface area contributed by atoms with E-state index < -0.39 is 28.7 Å². The van der Waals surface area contributed by atoms with Crippen molar-refractivity contribution in [2.24, 2.45) is 23.7 Å². The predicted octanol–water partition coefficient (Wildman–Crippen LogP) is 1.39. The first-order chi connectivity index (χ1) is 14.1. The number of hydrogen-bond acceptors (Lipinski definition) is 5. The average molecular weight is 440 g/mol. The Bertz CT molecular complexity index is 700. The lowest BCUT2D eigenvalue weighted by Crippen LogP contribution is -2.60. The summed E-state index contributed by atoms with van der Waals surface area (Å²) in [6.07, 6.45) is 1.66. The average Bonchev–Trinajstić information content (AvgIpc) is 3.24. The molecular formula is C22H37N3O4S. The molecule has 3 amide bonds. The van der Waals surface area contributed by atoms with Crippen molar-refractivity contribution in [3.05, 3.63) is 0 Å². The minimum absolute atomic E-state index is 0.00611. The molecule has 2 bridgehead atoms. The second-order valence-electron chi connectivity index (χ2n) is 9.75. The van der Waals surface area contributed by atoms with Crippen molar-refractivity contribution in [3.8, 4) is 0 Å². The molecule has 1 spiro atoms. The lowest BCUT2D eigenvalue weighted by atomic mass is 9.66. The molecule has 3 N–H and O–H groups in total. The summed E-state index contributed by atoms with van der Waals surface area (Å²) in [5, 5.41) is 16.2. The zero-order chi connectivity index (χ0) is 22.4. The summed E-state index contributed by atoms with van der Waals surface area (Å²) in [6, 6.07) is -1.18. The third-order valence-corrected chi connectivity index (χ3v) is 9.10. The second kappa shape index (κ2) is 8.69. The van der Waals surface area contributed by atoms with E-state index in [4.69, 9.17) is 0 Å². The highest BCUT2D eigenvalue weighted by atomic mass is 32.2. The standard InChI is InChI=1S/C22H37N3O4S/c1-7-8-23-19(27)16-15-9-13(6)22(30-15)17(16)21(29)25(14(10-26)11(2)3)18(22)20(28)24-12(4)5/h11-18,26H,7-10H2,1-6H3,(H,23,27)(H,24,28)/t13?,14-,15+,16-,17-,18?,22?/m0/s1. The van der Waals surface area contributed by atoms with Crippen LogP contribution in [-0.4, -0.2) is 69.0 Å². The maximum Gasteiger partial charge on any atom is 0.244 e. The van der Waals surface area contributed by atoms with Crippen LogP contribution in [0.3, 0.4) is 0 Å². The monoisotopic (exact) mass is 439 g/mol. The summed E-state index contributed by atoms with van der Waals surface area (Å²) in [7, 11) is 0. The van der Waals surface area contributed by atoms with Gasteiger partial charge < -0.3 is 20.6 Å². The van der Waals surface area contributed by atoms with E-state index in [0.717, 1.165) is 12.8 Å². The Hall–Kier alpha value is -1.28. The molecule has 170 valence electrons. The molecule has 0 saturated carbocycles. The second-order valence-corrected chi connectivity index (χ2v) is 11.3. The van der Waals surface area contributed by atoms with Gasteiger partial charge in [-0.25, -0.2) is 0 Å². The van der Waals surface area contributed by atoms with Gasteiger partial charge in [0.1, 0.15) is 6.04 Å². The van der Waals surface area contributed by atoms with Crippen molar-refractivity contribution in [2.45, 2.75) is 82.5 Å². The van der Waals surface area contributed by atoms with Gasteiger partial charge >= 0.3 is 0 Å². The van der Waals surface area contributed by atoms with Crippen molar-refractivity contribution in [3.63, 3.8) is 0 Å².